The summed E-state index contributed by atoms with van der Waals surface area (Å²) in [6.45, 7) is 21.0. The molecular formula is C57H70N10O7. The van der Waals surface area contributed by atoms with Gasteiger partial charge in [-0.2, -0.15) is 5.10 Å². The zero-order chi connectivity index (χ0) is 51.5. The van der Waals surface area contributed by atoms with Crippen molar-refractivity contribution in [2.24, 2.45) is 22.7 Å². The highest BCUT2D eigenvalue weighted by molar-refractivity contribution is 5.97. The lowest BCUT2D eigenvalue weighted by Gasteiger charge is -2.40. The van der Waals surface area contributed by atoms with Crippen LogP contribution in [0.3, 0.4) is 0 Å². The third-order valence-corrected chi connectivity index (χ3v) is 18.0. The molecule has 4 amide bonds. The van der Waals surface area contributed by atoms with Crippen molar-refractivity contribution in [1.82, 2.24) is 49.9 Å². The minimum Gasteiger partial charge on any atom is -0.451 e. The van der Waals surface area contributed by atoms with Crippen molar-refractivity contribution in [2.75, 3.05) is 65.4 Å². The second-order valence-electron chi connectivity index (χ2n) is 22.3. The van der Waals surface area contributed by atoms with Crippen LogP contribution >= 0.6 is 0 Å². The zero-order valence-electron chi connectivity index (χ0n) is 43.0. The zero-order valence-corrected chi connectivity index (χ0v) is 43.0. The molecule has 17 nitrogen and oxygen atoms in total. The number of aliphatic hydroxyl groups is 1. The highest BCUT2D eigenvalue weighted by Crippen LogP contribution is 2.65. The van der Waals surface area contributed by atoms with E-state index < -0.39 is 6.23 Å². The number of amides is 4. The second kappa shape index (κ2) is 19.9. The lowest BCUT2D eigenvalue weighted by Crippen LogP contribution is -2.44. The summed E-state index contributed by atoms with van der Waals surface area (Å²) in [5.74, 6) is 0.353. The first kappa shape index (κ1) is 49.6. The number of fused-ring (bicyclic) bond motifs is 2. The van der Waals surface area contributed by atoms with Gasteiger partial charge in [0, 0.05) is 125 Å². The number of aliphatic hydroxyl groups excluding tert-OH is 1. The van der Waals surface area contributed by atoms with Gasteiger partial charge in [0.15, 0.2) is 17.1 Å². The second-order valence-corrected chi connectivity index (χ2v) is 22.3. The maximum absolute atomic E-state index is 14.3. The van der Waals surface area contributed by atoms with E-state index in [4.69, 9.17) is 8.83 Å². The summed E-state index contributed by atoms with van der Waals surface area (Å²) in [7, 11) is 0. The maximum atomic E-state index is 14.3. The lowest BCUT2D eigenvalue weighted by atomic mass is 9.76. The average molecular weight is 1010 g/mol. The van der Waals surface area contributed by atoms with Crippen molar-refractivity contribution in [3.8, 4) is 0 Å². The lowest BCUT2D eigenvalue weighted by molar-refractivity contribution is -0.127. The van der Waals surface area contributed by atoms with Crippen molar-refractivity contribution >= 4 is 45.6 Å². The molecule has 7 atom stereocenters. The molecule has 6 fully saturated rings. The molecule has 0 radical (unpaired) electrons. The molecule has 2 spiro atoms. The molecule has 2 aliphatic carbocycles. The minimum atomic E-state index is -0.753. The van der Waals surface area contributed by atoms with Crippen LogP contribution in [0.2, 0.25) is 0 Å². The highest BCUT2D eigenvalue weighted by atomic mass is 16.4. The smallest absolute Gasteiger partial charge is 0.287 e. The first-order chi connectivity index (χ1) is 35.7. The van der Waals surface area contributed by atoms with E-state index in [-0.39, 0.29) is 63.9 Å². The van der Waals surface area contributed by atoms with Gasteiger partial charge in [-0.15, -0.1) is 0 Å². The summed E-state index contributed by atoms with van der Waals surface area (Å²) >= 11 is 0. The van der Waals surface area contributed by atoms with E-state index in [0.29, 0.717) is 74.0 Å². The van der Waals surface area contributed by atoms with E-state index in [1.807, 2.05) is 51.3 Å². The third-order valence-electron chi connectivity index (χ3n) is 18.0. The summed E-state index contributed by atoms with van der Waals surface area (Å²) in [5, 5.41) is 24.0. The largest absolute Gasteiger partial charge is 0.451 e. The third kappa shape index (κ3) is 9.58. The van der Waals surface area contributed by atoms with Gasteiger partial charge in [-0.1, -0.05) is 31.4 Å². The minimum absolute atomic E-state index is 0.0194. The standard InChI is InChI=1S/C57H70N10O7/c1-6-38(31-62(7-2)45-11-17-64(33-45)36(3)4)54(71)63-19-13-56(14-20-63)25-43(56)28-59-52(69)49-23-40-9-8-39(22-48(40)73-49)47-35-66(55(72)42-27-61-67(32-42)46-12-18-65(34-46)37(5)68)21-15-57(47)26-44(57)29-60-53(70)50-24-41-10-16-58-30-51(41)74-50/h6-10,16,22-24,27,30-32,36,43-47,54,71H,1-2,11-15,17-21,25-26,28-29,33-35H2,3-5H3,(H,59,69)(H,60,70)/b38-31+. The molecule has 4 saturated heterocycles. The highest BCUT2D eigenvalue weighted by Gasteiger charge is 2.61. The SMILES string of the molecule is C=C/C(=C\N(C=C)C1CCN(C(C)C)C1)C(O)N1CCC2(CC1)CC2CNC(=O)c1cc2ccc(C3CN(C(=O)c4cnn(C5CCN(C(C)=O)C5)c4)CCC34CC4CNC(=O)c3cc4ccncc4o3)cc2o1. The number of nitrogens with zero attached hydrogens (tertiary/aromatic N) is 8. The molecular weight excluding hydrogens is 937 g/mol. The van der Waals surface area contributed by atoms with Gasteiger partial charge in [0.1, 0.15) is 11.8 Å². The summed E-state index contributed by atoms with van der Waals surface area (Å²) in [6.07, 6.45) is 18.0. The van der Waals surface area contributed by atoms with Crippen LogP contribution in [-0.4, -0.2) is 152 Å². The first-order valence-corrected chi connectivity index (χ1v) is 26.7. The van der Waals surface area contributed by atoms with Crippen molar-refractivity contribution in [2.45, 2.75) is 96.0 Å². The molecule has 74 heavy (non-hydrogen) atoms. The average Bonchev–Trinajstić information content (AvgIpc) is 3.94. The number of pyridine rings is 1. The Morgan fingerprint density at radius 1 is 0.838 bits per heavy atom. The van der Waals surface area contributed by atoms with Crippen LogP contribution < -0.4 is 10.6 Å². The summed E-state index contributed by atoms with van der Waals surface area (Å²) in [6, 6.07) is 12.3. The fourth-order valence-electron chi connectivity index (χ4n) is 13.0. The number of hydrogen-bond donors (Lipinski definition) is 3. The Hall–Kier alpha value is -6.56. The van der Waals surface area contributed by atoms with E-state index in [1.54, 1.807) is 43.7 Å². The van der Waals surface area contributed by atoms with Crippen LogP contribution in [0, 0.1) is 22.7 Å². The van der Waals surface area contributed by atoms with Crippen LogP contribution in [0.1, 0.15) is 115 Å². The van der Waals surface area contributed by atoms with Gasteiger partial charge in [-0.3, -0.25) is 38.6 Å². The normalized spacial score (nSPS) is 26.3. The monoisotopic (exact) mass is 1010 g/mol. The number of aromatic nitrogens is 3. The Bertz CT molecular complexity index is 2970. The molecule has 390 valence electrons. The molecule has 8 heterocycles. The van der Waals surface area contributed by atoms with Crippen molar-refractivity contribution < 1.29 is 33.1 Å². The van der Waals surface area contributed by atoms with Crippen LogP contribution in [-0.2, 0) is 4.79 Å². The Balaban J connectivity index is 0.734. The Kier molecular flexibility index (Phi) is 13.4. The number of nitrogens with one attached hydrogen (secondary N) is 2. The van der Waals surface area contributed by atoms with E-state index in [0.717, 1.165) is 93.0 Å². The van der Waals surface area contributed by atoms with Crippen molar-refractivity contribution in [3.63, 3.8) is 0 Å². The number of likely N-dealkylation sites (tertiary alicyclic amines) is 4. The number of hydrogen-bond acceptors (Lipinski definition) is 12. The van der Waals surface area contributed by atoms with E-state index in [9.17, 15) is 24.3 Å². The van der Waals surface area contributed by atoms with Crippen LogP contribution in [0.4, 0.5) is 0 Å². The molecule has 0 bridgehead atoms. The quantitative estimate of drug-likeness (QED) is 0.0883. The Labute approximate surface area is 432 Å². The molecule has 7 unspecified atom stereocenters. The number of benzene rings is 1. The number of furan rings is 2. The van der Waals surface area contributed by atoms with Crippen molar-refractivity contribution in [3.05, 3.63) is 121 Å². The number of carbonyl (C=O) groups excluding carboxylic acids is 4. The molecule has 2 saturated carbocycles. The molecule has 6 aliphatic rings. The fourth-order valence-corrected chi connectivity index (χ4v) is 13.0. The van der Waals surface area contributed by atoms with Crippen LogP contribution in [0.25, 0.3) is 21.9 Å². The van der Waals surface area contributed by atoms with Gasteiger partial charge in [0.25, 0.3) is 17.7 Å². The van der Waals surface area contributed by atoms with E-state index in [2.05, 4.69) is 68.5 Å². The Morgan fingerprint density at radius 2 is 1.58 bits per heavy atom. The number of carbonyl (C=O) groups is 4. The molecule has 3 N–H and O–H groups in total. The predicted molar refractivity (Wildman–Crippen MR) is 280 cm³/mol. The van der Waals surface area contributed by atoms with Gasteiger partial charge in [-0.25, -0.2) is 0 Å². The van der Waals surface area contributed by atoms with Gasteiger partial charge < -0.3 is 39.3 Å². The molecule has 5 aromatic rings. The van der Waals surface area contributed by atoms with Gasteiger partial charge in [-0.05, 0) is 117 Å². The van der Waals surface area contributed by atoms with E-state index >= 15 is 0 Å². The number of rotatable bonds is 16. The maximum Gasteiger partial charge on any atom is 0.287 e. The van der Waals surface area contributed by atoms with Crippen molar-refractivity contribution in [1.29, 1.82) is 0 Å². The molecule has 4 aliphatic heterocycles. The predicted octanol–water partition coefficient (Wildman–Crippen LogP) is 6.78. The van der Waals surface area contributed by atoms with Crippen LogP contribution in [0.5, 0.6) is 0 Å². The van der Waals surface area contributed by atoms with Gasteiger partial charge >= 0.3 is 0 Å². The molecule has 11 rings (SSSR count). The van der Waals surface area contributed by atoms with Gasteiger partial charge in [0.05, 0.1) is 24.0 Å². The van der Waals surface area contributed by atoms with Crippen LogP contribution in [0.15, 0.2) is 107 Å². The first-order valence-electron chi connectivity index (χ1n) is 26.7. The Morgan fingerprint density at radius 3 is 2.27 bits per heavy atom. The van der Waals surface area contributed by atoms with Gasteiger partial charge in [0.2, 0.25) is 5.91 Å². The summed E-state index contributed by atoms with van der Waals surface area (Å²) in [5.41, 5.74) is 3.43. The number of piperidine rings is 2. The molecule has 1 aromatic carbocycles. The van der Waals surface area contributed by atoms with E-state index in [1.165, 1.54) is 0 Å². The molecule has 17 heteroatoms. The topological polar surface area (TPSA) is 186 Å². The summed E-state index contributed by atoms with van der Waals surface area (Å²) in [4.78, 5) is 68.0. The summed E-state index contributed by atoms with van der Waals surface area (Å²) < 4.78 is 14.0. The molecule has 4 aromatic heterocycles. The fraction of sp³-hybridized carbons (Fsp3) is 0.509.